The lowest BCUT2D eigenvalue weighted by atomic mass is 10.0. The minimum atomic E-state index is -2.26. The highest BCUT2D eigenvalue weighted by Gasteiger charge is 2.29. The van der Waals surface area contributed by atoms with E-state index in [0.717, 1.165) is 39.2 Å². The number of benzene rings is 7. The Kier molecular flexibility index (Phi) is 7.20. The molecule has 3 heterocycles. The van der Waals surface area contributed by atoms with Crippen molar-refractivity contribution in [1.29, 1.82) is 0 Å². The Morgan fingerprint density at radius 3 is 1.75 bits per heavy atom. The van der Waals surface area contributed by atoms with Crippen LogP contribution in [0.1, 0.15) is 0 Å². The van der Waals surface area contributed by atoms with Gasteiger partial charge in [-0.15, -0.1) is 0 Å². The second-order valence-electron chi connectivity index (χ2n) is 12.9. The summed E-state index contributed by atoms with van der Waals surface area (Å²) >= 11 is 6.57. The Balaban J connectivity index is 1.08. The predicted molar refractivity (Wildman–Crippen MR) is 219 cm³/mol. The molecular weight excluding hydrogens is 674 g/mol. The molecule has 0 N–H and O–H groups in total. The SMILES string of the molecule is S=P(c1ccccc1)(c1ccccc1)c1ccc(-c2ncnc(-c3ccc4c(c3)N(c3ccccc3)c3cccc5c6ccccc6n-4c35)n2)cc1. The van der Waals surface area contributed by atoms with Crippen LogP contribution < -0.4 is 20.8 Å². The molecular formula is C45H30N5PS. The number of fused-ring (bicyclic) bond motifs is 5. The molecule has 2 aromatic heterocycles. The van der Waals surface area contributed by atoms with Crippen molar-refractivity contribution in [1.82, 2.24) is 19.5 Å². The monoisotopic (exact) mass is 703 g/mol. The maximum Gasteiger partial charge on any atom is 0.163 e. The molecule has 246 valence electrons. The maximum atomic E-state index is 6.57. The van der Waals surface area contributed by atoms with Crippen molar-refractivity contribution in [3.05, 3.63) is 182 Å². The Hall–Kier alpha value is -6.20. The van der Waals surface area contributed by atoms with Crippen molar-refractivity contribution in [2.45, 2.75) is 0 Å². The van der Waals surface area contributed by atoms with Crippen LogP contribution in [0.4, 0.5) is 17.1 Å². The smallest absolute Gasteiger partial charge is 0.163 e. The lowest BCUT2D eigenvalue weighted by molar-refractivity contribution is 1.06. The zero-order valence-corrected chi connectivity index (χ0v) is 29.6. The molecule has 0 fully saturated rings. The minimum Gasteiger partial charge on any atom is -0.306 e. The van der Waals surface area contributed by atoms with E-state index in [4.69, 9.17) is 16.8 Å². The van der Waals surface area contributed by atoms with Gasteiger partial charge in [-0.3, -0.25) is 0 Å². The number of aromatic nitrogens is 4. The van der Waals surface area contributed by atoms with Gasteiger partial charge >= 0.3 is 0 Å². The molecule has 52 heavy (non-hydrogen) atoms. The molecule has 0 bridgehead atoms. The van der Waals surface area contributed by atoms with Crippen LogP contribution in [0.2, 0.25) is 0 Å². The summed E-state index contributed by atoms with van der Waals surface area (Å²) in [7, 11) is 0. The fourth-order valence-electron chi connectivity index (χ4n) is 7.56. The Morgan fingerprint density at radius 1 is 0.462 bits per heavy atom. The highest BCUT2D eigenvalue weighted by Crippen LogP contribution is 2.50. The van der Waals surface area contributed by atoms with Gasteiger partial charge in [0.15, 0.2) is 11.6 Å². The summed E-state index contributed by atoms with van der Waals surface area (Å²) in [6, 6.07) is 59.5. The first-order valence-electron chi connectivity index (χ1n) is 17.2. The van der Waals surface area contributed by atoms with E-state index in [1.807, 2.05) is 12.1 Å². The first-order chi connectivity index (χ1) is 25.7. The number of para-hydroxylation sites is 3. The maximum absolute atomic E-state index is 6.57. The van der Waals surface area contributed by atoms with Gasteiger partial charge in [-0.2, -0.15) is 0 Å². The van der Waals surface area contributed by atoms with E-state index >= 15 is 0 Å². The third kappa shape index (κ3) is 4.76. The number of nitrogens with zero attached hydrogens (tertiary/aromatic N) is 5. The molecule has 0 unspecified atom stereocenters. The van der Waals surface area contributed by atoms with Gasteiger partial charge in [0.05, 0.1) is 28.1 Å². The van der Waals surface area contributed by atoms with Crippen molar-refractivity contribution < 1.29 is 0 Å². The van der Waals surface area contributed by atoms with Crippen molar-refractivity contribution in [3.63, 3.8) is 0 Å². The summed E-state index contributed by atoms with van der Waals surface area (Å²) in [6.07, 6.45) is 1.61. The second-order valence-corrected chi connectivity index (χ2v) is 17.3. The normalized spacial score (nSPS) is 12.3. The summed E-state index contributed by atoms with van der Waals surface area (Å²) in [5, 5.41) is 5.93. The van der Waals surface area contributed by atoms with Crippen LogP contribution in [0.25, 0.3) is 50.3 Å². The number of rotatable bonds is 6. The van der Waals surface area contributed by atoms with Crippen LogP contribution in [0.5, 0.6) is 0 Å². The van der Waals surface area contributed by atoms with Gasteiger partial charge in [0.1, 0.15) is 6.33 Å². The van der Waals surface area contributed by atoms with Crippen molar-refractivity contribution in [3.8, 4) is 28.5 Å². The third-order valence-electron chi connectivity index (χ3n) is 9.94. The molecule has 7 heteroatoms. The first-order valence-corrected chi connectivity index (χ1v) is 20.0. The highest BCUT2D eigenvalue weighted by atomic mass is 32.4. The van der Waals surface area contributed by atoms with E-state index in [1.165, 1.54) is 32.4 Å². The summed E-state index contributed by atoms with van der Waals surface area (Å²) in [6.45, 7) is 0. The summed E-state index contributed by atoms with van der Waals surface area (Å²) in [5.74, 6) is 1.23. The van der Waals surface area contributed by atoms with Crippen LogP contribution in [-0.4, -0.2) is 19.5 Å². The van der Waals surface area contributed by atoms with Crippen LogP contribution in [0, 0.1) is 0 Å². The number of hydrogen-bond donors (Lipinski definition) is 0. The Bertz CT molecular complexity index is 2780. The standard InChI is InChI=1S/C45H30N5PS/c52-51(34-15-6-2-7-16-34,35-17-8-3-9-18-35)36-26-23-31(24-27-36)44-46-30-47-45(48-44)32-25-28-40-42(29-32)49(33-13-4-1-5-14-33)41-22-12-20-38-37-19-10-11-21-39(37)50(40)43(38)41/h1-30H. The number of hydrogen-bond acceptors (Lipinski definition) is 5. The highest BCUT2D eigenvalue weighted by molar-refractivity contribution is 8.25. The molecule has 1 aliphatic rings. The molecule has 0 atom stereocenters. The first kappa shape index (κ1) is 30.6. The van der Waals surface area contributed by atoms with Crippen LogP contribution in [0.15, 0.2) is 182 Å². The molecule has 10 rings (SSSR count). The van der Waals surface area contributed by atoms with Gasteiger partial charge in [0, 0.05) is 33.6 Å². The van der Waals surface area contributed by atoms with E-state index < -0.39 is 6.04 Å². The fourth-order valence-corrected chi connectivity index (χ4v) is 11.3. The van der Waals surface area contributed by atoms with Gasteiger partial charge in [0.25, 0.3) is 0 Å². The average molecular weight is 704 g/mol. The molecule has 0 saturated heterocycles. The lowest BCUT2D eigenvalue weighted by Crippen LogP contribution is -2.24. The zero-order valence-electron chi connectivity index (χ0n) is 27.9. The fraction of sp³-hybridized carbons (Fsp3) is 0. The van der Waals surface area contributed by atoms with Gasteiger partial charge in [-0.05, 0) is 58.4 Å². The Morgan fingerprint density at radius 2 is 1.04 bits per heavy atom. The molecule has 5 nitrogen and oxygen atoms in total. The molecule has 0 saturated carbocycles. The quantitative estimate of drug-likeness (QED) is 0.162. The van der Waals surface area contributed by atoms with Crippen molar-refractivity contribution in [2.75, 3.05) is 4.90 Å². The summed E-state index contributed by atoms with van der Waals surface area (Å²) < 4.78 is 2.39. The van der Waals surface area contributed by atoms with E-state index in [1.54, 1.807) is 6.33 Å². The molecule has 9 aromatic rings. The van der Waals surface area contributed by atoms with Crippen molar-refractivity contribution >= 4 is 72.6 Å². The number of anilines is 3. The van der Waals surface area contributed by atoms with Crippen LogP contribution in [0.3, 0.4) is 0 Å². The molecule has 7 aromatic carbocycles. The topological polar surface area (TPSA) is 46.8 Å². The van der Waals surface area contributed by atoms with E-state index in [0.29, 0.717) is 11.6 Å². The van der Waals surface area contributed by atoms with Gasteiger partial charge in [0.2, 0.25) is 0 Å². The second kappa shape index (κ2) is 12.2. The average Bonchev–Trinajstić information content (AvgIpc) is 3.57. The predicted octanol–water partition coefficient (Wildman–Crippen LogP) is 9.84. The van der Waals surface area contributed by atoms with E-state index in [9.17, 15) is 0 Å². The van der Waals surface area contributed by atoms with Gasteiger partial charge in [-0.25, -0.2) is 15.0 Å². The van der Waals surface area contributed by atoms with Crippen LogP contribution >= 0.6 is 6.04 Å². The minimum absolute atomic E-state index is 0.616. The lowest BCUT2D eigenvalue weighted by Gasteiger charge is -2.33. The molecule has 0 spiro atoms. The Labute approximate surface area is 306 Å². The van der Waals surface area contributed by atoms with Crippen LogP contribution in [-0.2, 0) is 11.8 Å². The largest absolute Gasteiger partial charge is 0.306 e. The van der Waals surface area contributed by atoms with Gasteiger partial charge < -0.3 is 9.47 Å². The van der Waals surface area contributed by atoms with Gasteiger partial charge in [-0.1, -0.05) is 145 Å². The zero-order chi connectivity index (χ0) is 34.6. The summed E-state index contributed by atoms with van der Waals surface area (Å²) in [4.78, 5) is 16.7. The van der Waals surface area contributed by atoms with E-state index in [2.05, 4.69) is 183 Å². The molecule has 1 aliphatic heterocycles. The van der Waals surface area contributed by atoms with E-state index in [-0.39, 0.29) is 0 Å². The molecule has 0 amide bonds. The summed E-state index contributed by atoms with van der Waals surface area (Å²) in [5.41, 5.74) is 8.59. The molecule has 0 radical (unpaired) electrons. The third-order valence-corrected chi connectivity index (χ3v) is 14.9. The molecule has 0 aliphatic carbocycles. The van der Waals surface area contributed by atoms with Crippen molar-refractivity contribution in [2.24, 2.45) is 0 Å².